The predicted molar refractivity (Wildman–Crippen MR) is 71.7 cm³/mol. The highest BCUT2D eigenvalue weighted by atomic mass is 15.1. The topological polar surface area (TPSA) is 7.68 Å². The number of rotatable bonds is 4. The lowest BCUT2D eigenvalue weighted by Crippen LogP contribution is -3.06. The first-order valence-electron chi connectivity index (χ1n) is 6.73. The number of nitrogens with one attached hydrogen (secondary N) is 1. The normalized spacial score (nSPS) is 19.4. The highest BCUT2D eigenvalue weighted by molar-refractivity contribution is 5.36. The summed E-state index contributed by atoms with van der Waals surface area (Å²) in [6.07, 6.45) is 1.19. The maximum absolute atomic E-state index is 4.13. The SMILES string of the molecule is [CH2-][NH+]1CCc2c(CN(CC)CC)cccc2C1. The molecule has 1 unspecified atom stereocenters. The van der Waals surface area contributed by atoms with Crippen molar-refractivity contribution in [3.8, 4) is 0 Å². The van der Waals surface area contributed by atoms with Crippen LogP contribution in [0.4, 0.5) is 0 Å². The molecule has 0 saturated carbocycles. The van der Waals surface area contributed by atoms with E-state index in [0.717, 1.165) is 26.2 Å². The molecule has 17 heavy (non-hydrogen) atoms. The molecule has 2 nitrogen and oxygen atoms in total. The number of fused-ring (bicyclic) bond motifs is 1. The van der Waals surface area contributed by atoms with Crippen molar-refractivity contribution in [2.45, 2.75) is 33.4 Å². The number of quaternary nitrogens is 1. The molecule has 1 aliphatic rings. The fourth-order valence-electron chi connectivity index (χ4n) is 2.67. The van der Waals surface area contributed by atoms with Crippen LogP contribution in [0, 0.1) is 7.05 Å². The number of hydrogen-bond donors (Lipinski definition) is 1. The molecule has 1 N–H and O–H groups in total. The van der Waals surface area contributed by atoms with Crippen molar-refractivity contribution in [1.29, 1.82) is 0 Å². The van der Waals surface area contributed by atoms with Crippen LogP contribution in [0.15, 0.2) is 18.2 Å². The van der Waals surface area contributed by atoms with Gasteiger partial charge in [-0.05, 0) is 24.2 Å². The van der Waals surface area contributed by atoms with E-state index in [9.17, 15) is 0 Å². The molecule has 1 aliphatic heterocycles. The molecule has 0 radical (unpaired) electrons. The first-order chi connectivity index (χ1) is 8.24. The van der Waals surface area contributed by atoms with E-state index < -0.39 is 0 Å². The van der Waals surface area contributed by atoms with Gasteiger partial charge in [0.25, 0.3) is 0 Å². The number of nitrogens with zero attached hydrogens (tertiary/aromatic N) is 1. The summed E-state index contributed by atoms with van der Waals surface area (Å²) in [6, 6.07) is 6.77. The summed E-state index contributed by atoms with van der Waals surface area (Å²) in [7, 11) is 4.13. The second-order valence-electron chi connectivity index (χ2n) is 4.94. The summed E-state index contributed by atoms with van der Waals surface area (Å²) in [5.41, 5.74) is 4.62. The van der Waals surface area contributed by atoms with Gasteiger partial charge in [-0.2, -0.15) is 7.05 Å². The second kappa shape index (κ2) is 5.65. The van der Waals surface area contributed by atoms with Crippen molar-refractivity contribution in [2.24, 2.45) is 0 Å². The summed E-state index contributed by atoms with van der Waals surface area (Å²) < 4.78 is 0. The third-order valence-corrected chi connectivity index (χ3v) is 3.83. The Bertz CT molecular complexity index is 369. The highest BCUT2D eigenvalue weighted by Crippen LogP contribution is 2.18. The van der Waals surface area contributed by atoms with Gasteiger partial charge >= 0.3 is 0 Å². The van der Waals surface area contributed by atoms with Crippen LogP contribution in [0.2, 0.25) is 0 Å². The minimum Gasteiger partial charge on any atom is -0.464 e. The quantitative estimate of drug-likeness (QED) is 0.768. The Kier molecular flexibility index (Phi) is 4.19. The van der Waals surface area contributed by atoms with Crippen LogP contribution >= 0.6 is 0 Å². The van der Waals surface area contributed by atoms with Gasteiger partial charge in [-0.1, -0.05) is 32.0 Å². The standard InChI is InChI=1S/C15H24N2/c1-4-17(5-2)12-14-8-6-7-13-11-16(3)10-9-15(13)14/h6-8,16H,3-5,9-12H2,1-2H3. The second-order valence-corrected chi connectivity index (χ2v) is 4.94. The first kappa shape index (κ1) is 12.6. The Labute approximate surface area is 105 Å². The first-order valence-corrected chi connectivity index (χ1v) is 6.73. The van der Waals surface area contributed by atoms with Crippen LogP contribution in [0.3, 0.4) is 0 Å². The molecule has 0 spiro atoms. The summed E-state index contributed by atoms with van der Waals surface area (Å²) in [5.74, 6) is 0. The molecule has 2 rings (SSSR count). The molecule has 1 aromatic carbocycles. The van der Waals surface area contributed by atoms with Crippen molar-refractivity contribution in [3.63, 3.8) is 0 Å². The third kappa shape index (κ3) is 2.88. The minimum absolute atomic E-state index is 1.08. The van der Waals surface area contributed by atoms with Crippen molar-refractivity contribution in [3.05, 3.63) is 41.9 Å². The summed E-state index contributed by atoms with van der Waals surface area (Å²) in [6.45, 7) is 10.1. The molecule has 2 heteroatoms. The Morgan fingerprint density at radius 2 is 2.06 bits per heavy atom. The van der Waals surface area contributed by atoms with Crippen molar-refractivity contribution < 1.29 is 4.90 Å². The van der Waals surface area contributed by atoms with Gasteiger partial charge in [0.05, 0.1) is 13.1 Å². The molecule has 1 heterocycles. The van der Waals surface area contributed by atoms with Gasteiger partial charge < -0.3 is 4.90 Å². The van der Waals surface area contributed by atoms with E-state index in [-0.39, 0.29) is 0 Å². The third-order valence-electron chi connectivity index (χ3n) is 3.83. The molecule has 0 bridgehead atoms. The molecule has 1 aromatic rings. The van der Waals surface area contributed by atoms with Gasteiger partial charge in [0.15, 0.2) is 0 Å². The van der Waals surface area contributed by atoms with Crippen molar-refractivity contribution in [1.82, 2.24) is 4.90 Å². The Balaban J connectivity index is 2.20. The van der Waals surface area contributed by atoms with Crippen LogP contribution in [0.5, 0.6) is 0 Å². The van der Waals surface area contributed by atoms with E-state index >= 15 is 0 Å². The van der Waals surface area contributed by atoms with Gasteiger partial charge in [0.1, 0.15) is 0 Å². The lowest BCUT2D eigenvalue weighted by atomic mass is 9.94. The smallest absolute Gasteiger partial charge is 0.0790 e. The van der Waals surface area contributed by atoms with E-state index in [0.29, 0.717) is 0 Å². The fraction of sp³-hybridized carbons (Fsp3) is 0.533. The summed E-state index contributed by atoms with van der Waals surface area (Å²) in [4.78, 5) is 3.87. The van der Waals surface area contributed by atoms with Crippen LogP contribution in [0.1, 0.15) is 30.5 Å². The molecule has 0 saturated heterocycles. The fourth-order valence-corrected chi connectivity index (χ4v) is 2.67. The summed E-state index contributed by atoms with van der Waals surface area (Å²) >= 11 is 0. The van der Waals surface area contributed by atoms with Crippen LogP contribution < -0.4 is 4.90 Å². The van der Waals surface area contributed by atoms with E-state index in [4.69, 9.17) is 0 Å². The highest BCUT2D eigenvalue weighted by Gasteiger charge is 2.17. The van der Waals surface area contributed by atoms with Gasteiger partial charge in [0, 0.05) is 18.5 Å². The lowest BCUT2D eigenvalue weighted by molar-refractivity contribution is -0.870. The Morgan fingerprint density at radius 3 is 2.76 bits per heavy atom. The van der Waals surface area contributed by atoms with E-state index in [1.807, 2.05) is 0 Å². The van der Waals surface area contributed by atoms with Gasteiger partial charge in [0.2, 0.25) is 0 Å². The zero-order chi connectivity index (χ0) is 12.3. The van der Waals surface area contributed by atoms with Crippen LogP contribution in [-0.2, 0) is 19.5 Å². The van der Waals surface area contributed by atoms with Gasteiger partial charge in [-0.3, -0.25) is 4.90 Å². The predicted octanol–water partition coefficient (Wildman–Crippen LogP) is 1.26. The molecule has 0 amide bonds. The maximum Gasteiger partial charge on any atom is 0.0790 e. The van der Waals surface area contributed by atoms with E-state index in [2.05, 4.69) is 44.0 Å². The van der Waals surface area contributed by atoms with Crippen LogP contribution in [0.25, 0.3) is 0 Å². The molecule has 0 aliphatic carbocycles. The van der Waals surface area contributed by atoms with Gasteiger partial charge in [-0.15, -0.1) is 0 Å². The average molecular weight is 232 g/mol. The molecule has 0 fully saturated rings. The zero-order valence-electron chi connectivity index (χ0n) is 11.1. The molecular weight excluding hydrogens is 208 g/mol. The molecule has 94 valence electrons. The maximum atomic E-state index is 4.13. The van der Waals surface area contributed by atoms with Crippen molar-refractivity contribution >= 4 is 0 Å². The minimum atomic E-state index is 1.08. The molecular formula is C15H24N2. The van der Waals surface area contributed by atoms with Crippen LogP contribution in [-0.4, -0.2) is 24.5 Å². The number of benzene rings is 1. The Hall–Kier alpha value is -0.860. The van der Waals surface area contributed by atoms with Crippen molar-refractivity contribution in [2.75, 3.05) is 19.6 Å². The lowest BCUT2D eigenvalue weighted by Gasteiger charge is -2.30. The molecule has 0 aromatic heterocycles. The van der Waals surface area contributed by atoms with E-state index in [1.165, 1.54) is 29.0 Å². The van der Waals surface area contributed by atoms with Gasteiger partial charge in [-0.25, -0.2) is 0 Å². The average Bonchev–Trinajstić information content (AvgIpc) is 2.35. The summed E-state index contributed by atoms with van der Waals surface area (Å²) in [5, 5.41) is 0. The Morgan fingerprint density at radius 1 is 1.29 bits per heavy atom. The largest absolute Gasteiger partial charge is 0.464 e. The molecule has 1 atom stereocenters. The monoisotopic (exact) mass is 232 g/mol. The van der Waals surface area contributed by atoms with E-state index in [1.54, 1.807) is 5.56 Å². The zero-order valence-corrected chi connectivity index (χ0v) is 11.1. The number of hydrogen-bond acceptors (Lipinski definition) is 1.